The van der Waals surface area contributed by atoms with Crippen molar-refractivity contribution >= 4 is 23.3 Å². The number of hydrogen-bond donors (Lipinski definition) is 1. The molecule has 8 heteroatoms. The number of phenols is 1. The van der Waals surface area contributed by atoms with Gasteiger partial charge in [-0.25, -0.2) is 0 Å². The van der Waals surface area contributed by atoms with Crippen LogP contribution >= 0.6 is 11.6 Å². The number of rotatable bonds is 2. The monoisotopic (exact) mass is 402 g/mol. The molecule has 28 heavy (non-hydrogen) atoms. The Morgan fingerprint density at radius 1 is 1.29 bits per heavy atom. The average Bonchev–Trinajstić information content (AvgIpc) is 2.67. The normalized spacial score (nSPS) is 22.1. The Morgan fingerprint density at radius 2 is 2.11 bits per heavy atom. The lowest BCUT2D eigenvalue weighted by molar-refractivity contribution is -0.132. The predicted molar refractivity (Wildman–Crippen MR) is 107 cm³/mol. The molecule has 0 radical (unpaired) electrons. The second kappa shape index (κ2) is 7.56. The maximum Gasteiger partial charge on any atom is 0.219 e. The van der Waals surface area contributed by atoms with Crippen LogP contribution in [0, 0.1) is 6.92 Å². The summed E-state index contributed by atoms with van der Waals surface area (Å²) >= 11 is 5.99. The number of aryl methyl sites for hydroxylation is 1. The number of aromatic nitrogens is 2. The third-order valence-electron chi connectivity index (χ3n) is 5.51. The molecule has 2 atom stereocenters. The van der Waals surface area contributed by atoms with Crippen LogP contribution in [0.1, 0.15) is 18.9 Å². The molecule has 2 aliphatic heterocycles. The molecular formula is C20H23ClN4O3. The second-order valence-corrected chi connectivity index (χ2v) is 7.75. The molecule has 1 aromatic heterocycles. The quantitative estimate of drug-likeness (QED) is 0.831. The summed E-state index contributed by atoms with van der Waals surface area (Å²) in [5.74, 6) is 0.917. The standard InChI is InChI=1S/C20H23ClN4O3/c1-12-9-14(21)10-17(27)20(12)15-3-4-19(23-22-15)25-7-8-28-18-5-6-24(13(2)26)11-16(18)25/h3-4,9-10,16,18,27H,5-8,11H2,1-2H3/t16-,18+/m1/s1. The number of aromatic hydroxyl groups is 1. The molecule has 0 aliphatic carbocycles. The molecule has 1 N–H and O–H groups in total. The third kappa shape index (κ3) is 3.52. The van der Waals surface area contributed by atoms with Crippen molar-refractivity contribution in [3.05, 3.63) is 34.9 Å². The average molecular weight is 403 g/mol. The number of nitrogens with zero attached hydrogens (tertiary/aromatic N) is 4. The number of fused-ring (bicyclic) bond motifs is 1. The number of carbonyl (C=O) groups excluding carboxylic acids is 1. The number of anilines is 1. The minimum Gasteiger partial charge on any atom is -0.507 e. The van der Waals surface area contributed by atoms with Crippen molar-refractivity contribution in [2.75, 3.05) is 31.1 Å². The zero-order valence-electron chi connectivity index (χ0n) is 15.9. The first-order valence-electron chi connectivity index (χ1n) is 9.41. The summed E-state index contributed by atoms with van der Waals surface area (Å²) in [5, 5.41) is 19.5. The van der Waals surface area contributed by atoms with Gasteiger partial charge >= 0.3 is 0 Å². The van der Waals surface area contributed by atoms with Crippen molar-refractivity contribution in [3.63, 3.8) is 0 Å². The van der Waals surface area contributed by atoms with Gasteiger partial charge in [0.2, 0.25) is 5.91 Å². The fraction of sp³-hybridized carbons (Fsp3) is 0.450. The van der Waals surface area contributed by atoms with E-state index in [2.05, 4.69) is 15.1 Å². The SMILES string of the molecule is CC(=O)N1CC[C@@H]2OCCN(c3ccc(-c4c(C)cc(Cl)cc4O)nn3)[C@@H]2C1. The van der Waals surface area contributed by atoms with Gasteiger partial charge in [0.1, 0.15) is 5.75 Å². The van der Waals surface area contributed by atoms with E-state index in [1.807, 2.05) is 24.0 Å². The van der Waals surface area contributed by atoms with Gasteiger partial charge in [-0.3, -0.25) is 4.79 Å². The highest BCUT2D eigenvalue weighted by atomic mass is 35.5. The van der Waals surface area contributed by atoms with Gasteiger partial charge in [0, 0.05) is 37.1 Å². The molecule has 0 saturated carbocycles. The van der Waals surface area contributed by atoms with Gasteiger partial charge in [0.25, 0.3) is 0 Å². The van der Waals surface area contributed by atoms with Crippen molar-refractivity contribution in [1.82, 2.24) is 15.1 Å². The number of carbonyl (C=O) groups is 1. The van der Waals surface area contributed by atoms with Crippen LogP contribution < -0.4 is 4.90 Å². The first-order chi connectivity index (χ1) is 13.4. The molecule has 1 amide bonds. The molecule has 2 aliphatic rings. The van der Waals surface area contributed by atoms with E-state index in [1.165, 1.54) is 6.07 Å². The molecule has 3 heterocycles. The number of likely N-dealkylation sites (tertiary alicyclic amines) is 1. The molecule has 148 valence electrons. The molecule has 2 saturated heterocycles. The highest BCUT2D eigenvalue weighted by Crippen LogP contribution is 2.34. The molecule has 2 aromatic rings. The second-order valence-electron chi connectivity index (χ2n) is 7.32. The molecular weight excluding hydrogens is 380 g/mol. The van der Waals surface area contributed by atoms with Gasteiger partial charge in [-0.05, 0) is 43.2 Å². The van der Waals surface area contributed by atoms with Crippen LogP contribution in [0.5, 0.6) is 5.75 Å². The summed E-state index contributed by atoms with van der Waals surface area (Å²) in [4.78, 5) is 15.8. The van der Waals surface area contributed by atoms with Gasteiger partial charge in [0.15, 0.2) is 5.82 Å². The Balaban J connectivity index is 1.60. The fourth-order valence-electron chi connectivity index (χ4n) is 4.11. The number of amides is 1. The van der Waals surface area contributed by atoms with Crippen molar-refractivity contribution in [1.29, 1.82) is 0 Å². The smallest absolute Gasteiger partial charge is 0.219 e. The Kier molecular flexibility index (Phi) is 5.12. The third-order valence-corrected chi connectivity index (χ3v) is 5.73. The highest BCUT2D eigenvalue weighted by molar-refractivity contribution is 6.31. The lowest BCUT2D eigenvalue weighted by Gasteiger charge is -2.47. The summed E-state index contributed by atoms with van der Waals surface area (Å²) in [7, 11) is 0. The largest absolute Gasteiger partial charge is 0.507 e. The molecule has 0 spiro atoms. The molecule has 0 bridgehead atoms. The van der Waals surface area contributed by atoms with Crippen LogP contribution in [0.3, 0.4) is 0 Å². The maximum atomic E-state index is 11.8. The number of phenolic OH excluding ortho intramolecular Hbond substituents is 1. The summed E-state index contributed by atoms with van der Waals surface area (Å²) in [6.07, 6.45) is 0.915. The minimum atomic E-state index is 0.0669. The molecule has 4 rings (SSSR count). The maximum absolute atomic E-state index is 11.8. The van der Waals surface area contributed by atoms with E-state index in [0.29, 0.717) is 36.0 Å². The highest BCUT2D eigenvalue weighted by Gasteiger charge is 2.38. The summed E-state index contributed by atoms with van der Waals surface area (Å²) in [5.41, 5.74) is 2.06. The fourth-order valence-corrected chi connectivity index (χ4v) is 4.38. The first kappa shape index (κ1) is 19.0. The van der Waals surface area contributed by atoms with E-state index in [4.69, 9.17) is 16.3 Å². The lowest BCUT2D eigenvalue weighted by atomic mass is 9.98. The van der Waals surface area contributed by atoms with Crippen LogP contribution in [-0.4, -0.2) is 64.5 Å². The van der Waals surface area contributed by atoms with Crippen molar-refractivity contribution in [3.8, 4) is 17.0 Å². The van der Waals surface area contributed by atoms with Gasteiger partial charge in [0.05, 0.1) is 24.4 Å². The van der Waals surface area contributed by atoms with Crippen LogP contribution in [0.2, 0.25) is 5.02 Å². The van der Waals surface area contributed by atoms with Crippen LogP contribution in [-0.2, 0) is 9.53 Å². The topological polar surface area (TPSA) is 78.8 Å². The first-order valence-corrected chi connectivity index (χ1v) is 9.79. The summed E-state index contributed by atoms with van der Waals surface area (Å²) in [6, 6.07) is 7.12. The molecule has 0 unspecified atom stereocenters. The zero-order valence-corrected chi connectivity index (χ0v) is 16.7. The number of piperidine rings is 1. The Labute approximate surface area is 168 Å². The zero-order chi connectivity index (χ0) is 19.8. The van der Waals surface area contributed by atoms with Crippen LogP contribution in [0.15, 0.2) is 24.3 Å². The predicted octanol–water partition coefficient (Wildman–Crippen LogP) is 2.64. The van der Waals surface area contributed by atoms with E-state index < -0.39 is 0 Å². The van der Waals surface area contributed by atoms with Gasteiger partial charge < -0.3 is 19.6 Å². The van der Waals surface area contributed by atoms with E-state index in [1.54, 1.807) is 13.0 Å². The van der Waals surface area contributed by atoms with Crippen molar-refractivity contribution < 1.29 is 14.6 Å². The van der Waals surface area contributed by atoms with Crippen LogP contribution in [0.25, 0.3) is 11.3 Å². The molecule has 7 nitrogen and oxygen atoms in total. The number of ether oxygens (including phenoxy) is 1. The summed E-state index contributed by atoms with van der Waals surface area (Å²) in [6.45, 7) is 6.16. The van der Waals surface area contributed by atoms with Crippen LogP contribution in [0.4, 0.5) is 5.82 Å². The van der Waals surface area contributed by atoms with Crippen molar-refractivity contribution in [2.45, 2.75) is 32.4 Å². The van der Waals surface area contributed by atoms with Gasteiger partial charge in [-0.1, -0.05) is 11.6 Å². The lowest BCUT2D eigenvalue weighted by Crippen LogP contribution is -2.61. The number of benzene rings is 1. The minimum absolute atomic E-state index is 0.0669. The molecule has 1 aromatic carbocycles. The Bertz CT molecular complexity index is 867. The van der Waals surface area contributed by atoms with E-state index in [0.717, 1.165) is 24.3 Å². The Hall–Kier alpha value is -2.38. The number of halogens is 1. The van der Waals surface area contributed by atoms with E-state index in [9.17, 15) is 9.90 Å². The number of morpholine rings is 1. The van der Waals surface area contributed by atoms with E-state index >= 15 is 0 Å². The van der Waals surface area contributed by atoms with Gasteiger partial charge in [-0.15, -0.1) is 10.2 Å². The number of hydrogen-bond acceptors (Lipinski definition) is 6. The van der Waals surface area contributed by atoms with Crippen molar-refractivity contribution in [2.24, 2.45) is 0 Å². The Morgan fingerprint density at radius 3 is 2.79 bits per heavy atom. The van der Waals surface area contributed by atoms with Gasteiger partial charge in [-0.2, -0.15) is 0 Å². The molecule has 2 fully saturated rings. The summed E-state index contributed by atoms with van der Waals surface area (Å²) < 4.78 is 5.92. The van der Waals surface area contributed by atoms with E-state index in [-0.39, 0.29) is 23.8 Å².